The second-order valence-electron chi connectivity index (χ2n) is 3.64. The van der Waals surface area contributed by atoms with E-state index in [1.165, 1.54) is 0 Å². The van der Waals surface area contributed by atoms with Crippen LogP contribution in [0.5, 0.6) is 0 Å². The molecule has 0 saturated carbocycles. The first-order valence-corrected chi connectivity index (χ1v) is 5.96. The zero-order valence-electron chi connectivity index (χ0n) is 7.99. The third kappa shape index (κ3) is 2.36. The van der Waals surface area contributed by atoms with E-state index < -0.39 is 0 Å². The topological polar surface area (TPSA) is 42.1 Å². The molecule has 0 aromatic carbocycles. The van der Waals surface area contributed by atoms with E-state index in [0.717, 1.165) is 35.4 Å². The van der Waals surface area contributed by atoms with Gasteiger partial charge in [0, 0.05) is 19.1 Å². The number of aromatic nitrogens is 1. The van der Waals surface area contributed by atoms with Crippen molar-refractivity contribution in [2.24, 2.45) is 5.73 Å². The van der Waals surface area contributed by atoms with Crippen molar-refractivity contribution in [3.63, 3.8) is 0 Å². The summed E-state index contributed by atoms with van der Waals surface area (Å²) in [5.41, 5.74) is 5.86. The molecule has 2 N–H and O–H groups in total. The highest BCUT2D eigenvalue weighted by atomic mass is 127. The maximum absolute atomic E-state index is 5.86. The van der Waals surface area contributed by atoms with Gasteiger partial charge in [-0.1, -0.05) is 6.07 Å². The maximum Gasteiger partial charge on any atom is 0.129 e. The Kier molecular flexibility index (Phi) is 3.22. The molecule has 2 heterocycles. The van der Waals surface area contributed by atoms with Crippen LogP contribution in [-0.4, -0.2) is 24.1 Å². The quantitative estimate of drug-likeness (QED) is 0.633. The third-order valence-electron chi connectivity index (χ3n) is 2.56. The van der Waals surface area contributed by atoms with Gasteiger partial charge in [0.2, 0.25) is 0 Å². The third-order valence-corrected chi connectivity index (χ3v) is 3.16. The summed E-state index contributed by atoms with van der Waals surface area (Å²) in [7, 11) is 0. The van der Waals surface area contributed by atoms with Gasteiger partial charge < -0.3 is 10.6 Å². The Bertz CT molecular complexity index is 308. The molecule has 3 nitrogen and oxygen atoms in total. The average Bonchev–Trinajstić information content (AvgIpc) is 2.19. The van der Waals surface area contributed by atoms with Crippen molar-refractivity contribution in [3.05, 3.63) is 21.9 Å². The number of hydrogen-bond donors (Lipinski definition) is 1. The monoisotopic (exact) mass is 303 g/mol. The van der Waals surface area contributed by atoms with Crippen LogP contribution < -0.4 is 10.6 Å². The smallest absolute Gasteiger partial charge is 0.129 e. The molecule has 0 bridgehead atoms. The van der Waals surface area contributed by atoms with E-state index in [2.05, 4.69) is 44.6 Å². The second kappa shape index (κ2) is 4.44. The van der Waals surface area contributed by atoms with Gasteiger partial charge in [-0.3, -0.25) is 0 Å². The summed E-state index contributed by atoms with van der Waals surface area (Å²) in [4.78, 5) is 6.80. The molecule has 1 saturated heterocycles. The molecule has 0 unspecified atom stereocenters. The number of nitrogens with zero attached hydrogens (tertiary/aromatic N) is 2. The van der Waals surface area contributed by atoms with Crippen LogP contribution in [0.4, 0.5) is 5.82 Å². The minimum atomic E-state index is 0.383. The second-order valence-corrected chi connectivity index (χ2v) is 4.75. The lowest BCUT2D eigenvalue weighted by atomic mass is 10.1. The van der Waals surface area contributed by atoms with Crippen molar-refractivity contribution in [3.8, 4) is 0 Å². The number of pyridine rings is 1. The Hall–Kier alpha value is -0.360. The Morgan fingerprint density at radius 2 is 2.07 bits per heavy atom. The summed E-state index contributed by atoms with van der Waals surface area (Å²) in [5, 5.41) is 0. The van der Waals surface area contributed by atoms with Crippen LogP contribution in [0.15, 0.2) is 18.2 Å². The number of rotatable bonds is 1. The number of halogens is 1. The first kappa shape index (κ1) is 10.2. The molecule has 0 aliphatic carbocycles. The fourth-order valence-electron chi connectivity index (χ4n) is 1.70. The zero-order chi connectivity index (χ0) is 9.97. The van der Waals surface area contributed by atoms with Gasteiger partial charge in [0.15, 0.2) is 0 Å². The first-order valence-electron chi connectivity index (χ1n) is 4.89. The standard InChI is InChI=1S/C10H14IN3/c11-9-2-1-3-10(13-9)14-6-4-8(12)5-7-14/h1-3,8H,4-7,12H2. The molecular formula is C10H14IN3. The minimum absolute atomic E-state index is 0.383. The lowest BCUT2D eigenvalue weighted by molar-refractivity contribution is 0.498. The summed E-state index contributed by atoms with van der Waals surface area (Å²) in [6.45, 7) is 2.07. The van der Waals surface area contributed by atoms with Crippen LogP contribution in [0.25, 0.3) is 0 Å². The highest BCUT2D eigenvalue weighted by Crippen LogP contribution is 2.17. The van der Waals surface area contributed by atoms with Crippen molar-refractivity contribution < 1.29 is 0 Å². The van der Waals surface area contributed by atoms with Crippen molar-refractivity contribution >= 4 is 28.4 Å². The number of piperidine rings is 1. The fourth-order valence-corrected chi connectivity index (χ4v) is 2.16. The molecule has 1 aromatic heterocycles. The van der Waals surface area contributed by atoms with E-state index in [0.29, 0.717) is 6.04 Å². The highest BCUT2D eigenvalue weighted by molar-refractivity contribution is 14.1. The van der Waals surface area contributed by atoms with Gasteiger partial charge >= 0.3 is 0 Å². The number of hydrogen-bond acceptors (Lipinski definition) is 3. The van der Waals surface area contributed by atoms with E-state index in [4.69, 9.17) is 5.73 Å². The predicted molar refractivity (Wildman–Crippen MR) is 66.4 cm³/mol. The molecular weight excluding hydrogens is 289 g/mol. The van der Waals surface area contributed by atoms with Gasteiger partial charge in [0.25, 0.3) is 0 Å². The largest absolute Gasteiger partial charge is 0.356 e. The molecule has 0 amide bonds. The molecule has 1 fully saturated rings. The zero-order valence-corrected chi connectivity index (χ0v) is 10.1. The molecule has 4 heteroatoms. The number of nitrogens with two attached hydrogens (primary N) is 1. The molecule has 76 valence electrons. The fraction of sp³-hybridized carbons (Fsp3) is 0.500. The Morgan fingerprint density at radius 1 is 1.36 bits per heavy atom. The van der Waals surface area contributed by atoms with Crippen LogP contribution in [0.2, 0.25) is 0 Å². The van der Waals surface area contributed by atoms with Crippen LogP contribution in [0.1, 0.15) is 12.8 Å². The van der Waals surface area contributed by atoms with Crippen molar-refractivity contribution in [1.29, 1.82) is 0 Å². The van der Waals surface area contributed by atoms with Crippen LogP contribution in [-0.2, 0) is 0 Å². The van der Waals surface area contributed by atoms with Gasteiger partial charge in [-0.2, -0.15) is 0 Å². The molecule has 1 aliphatic rings. The summed E-state index contributed by atoms with van der Waals surface area (Å²) in [5.74, 6) is 1.09. The molecule has 0 atom stereocenters. The van der Waals surface area contributed by atoms with Crippen LogP contribution >= 0.6 is 22.6 Å². The van der Waals surface area contributed by atoms with Crippen LogP contribution in [0.3, 0.4) is 0 Å². The van der Waals surface area contributed by atoms with Gasteiger partial charge in [-0.15, -0.1) is 0 Å². The summed E-state index contributed by atoms with van der Waals surface area (Å²) in [6, 6.07) is 6.52. The Labute approximate surface area is 97.8 Å². The molecule has 1 aromatic rings. The lowest BCUT2D eigenvalue weighted by Gasteiger charge is -2.31. The van der Waals surface area contributed by atoms with E-state index in [9.17, 15) is 0 Å². The van der Waals surface area contributed by atoms with E-state index >= 15 is 0 Å². The van der Waals surface area contributed by atoms with Crippen LogP contribution in [0, 0.1) is 3.70 Å². The molecule has 1 aliphatic heterocycles. The van der Waals surface area contributed by atoms with Gasteiger partial charge in [0.1, 0.15) is 9.52 Å². The first-order chi connectivity index (χ1) is 6.75. The maximum atomic E-state index is 5.86. The molecule has 2 rings (SSSR count). The number of anilines is 1. The lowest BCUT2D eigenvalue weighted by Crippen LogP contribution is -2.40. The Balaban J connectivity index is 2.08. The molecule has 0 radical (unpaired) electrons. The van der Waals surface area contributed by atoms with Gasteiger partial charge in [-0.25, -0.2) is 4.98 Å². The minimum Gasteiger partial charge on any atom is -0.356 e. The SMILES string of the molecule is NC1CCN(c2cccc(I)n2)CC1. The van der Waals surface area contributed by atoms with Gasteiger partial charge in [-0.05, 0) is 47.6 Å². The van der Waals surface area contributed by atoms with E-state index in [1.54, 1.807) is 0 Å². The van der Waals surface area contributed by atoms with Crippen molar-refractivity contribution in [2.45, 2.75) is 18.9 Å². The van der Waals surface area contributed by atoms with Gasteiger partial charge in [0.05, 0.1) is 0 Å². The normalized spacial score (nSPS) is 18.6. The van der Waals surface area contributed by atoms with Crippen molar-refractivity contribution in [1.82, 2.24) is 4.98 Å². The average molecular weight is 303 g/mol. The summed E-state index contributed by atoms with van der Waals surface area (Å²) < 4.78 is 1.05. The summed E-state index contributed by atoms with van der Waals surface area (Å²) >= 11 is 2.24. The molecule has 0 spiro atoms. The van der Waals surface area contributed by atoms with Crippen molar-refractivity contribution in [2.75, 3.05) is 18.0 Å². The highest BCUT2D eigenvalue weighted by Gasteiger charge is 2.16. The van der Waals surface area contributed by atoms with E-state index in [1.807, 2.05) is 6.07 Å². The predicted octanol–water partition coefficient (Wildman–Crippen LogP) is 1.61. The van der Waals surface area contributed by atoms with E-state index in [-0.39, 0.29) is 0 Å². The Morgan fingerprint density at radius 3 is 2.71 bits per heavy atom. The summed E-state index contributed by atoms with van der Waals surface area (Å²) in [6.07, 6.45) is 2.15. The molecule has 14 heavy (non-hydrogen) atoms.